The number of likely N-dealkylation sites (tertiary alicyclic amines) is 1. The fourth-order valence-electron chi connectivity index (χ4n) is 2.34. The molecular weight excluding hydrogens is 262 g/mol. The number of halogens is 1. The van der Waals surface area contributed by atoms with Gasteiger partial charge in [-0.25, -0.2) is 0 Å². The Balaban J connectivity index is 1.75. The van der Waals surface area contributed by atoms with E-state index in [1.807, 2.05) is 24.3 Å². The Bertz CT molecular complexity index is 438. The van der Waals surface area contributed by atoms with E-state index in [9.17, 15) is 4.79 Å². The zero-order valence-corrected chi connectivity index (χ0v) is 11.7. The number of rotatable bonds is 5. The minimum absolute atomic E-state index is 0.0394. The van der Waals surface area contributed by atoms with Crippen molar-refractivity contribution >= 4 is 17.5 Å². The molecule has 0 radical (unpaired) electrons. The normalized spacial score (nSPS) is 19.6. The van der Waals surface area contributed by atoms with E-state index in [0.29, 0.717) is 30.6 Å². The summed E-state index contributed by atoms with van der Waals surface area (Å²) in [4.78, 5) is 14.0. The topological polar surface area (TPSA) is 58.4 Å². The molecule has 4 nitrogen and oxygen atoms in total. The van der Waals surface area contributed by atoms with E-state index in [2.05, 4.69) is 10.2 Å². The highest BCUT2D eigenvalue weighted by Crippen LogP contribution is 2.15. The molecule has 1 fully saturated rings. The van der Waals surface area contributed by atoms with Crippen molar-refractivity contribution in [3.05, 3.63) is 34.9 Å². The van der Waals surface area contributed by atoms with Crippen molar-refractivity contribution in [2.75, 3.05) is 26.2 Å². The fraction of sp³-hybridized carbons (Fsp3) is 0.500. The molecule has 1 amide bonds. The van der Waals surface area contributed by atoms with Crippen LogP contribution in [0.1, 0.15) is 12.0 Å². The summed E-state index contributed by atoms with van der Waals surface area (Å²) in [6.07, 6.45) is 1.09. The molecule has 1 aliphatic rings. The minimum Gasteiger partial charge on any atom is -0.351 e. The number of carbonyl (C=O) groups is 1. The van der Waals surface area contributed by atoms with Crippen LogP contribution in [0.3, 0.4) is 0 Å². The van der Waals surface area contributed by atoms with E-state index in [4.69, 9.17) is 17.3 Å². The van der Waals surface area contributed by atoms with Crippen LogP contribution in [-0.2, 0) is 11.3 Å². The quantitative estimate of drug-likeness (QED) is 0.854. The molecule has 1 atom stereocenters. The summed E-state index contributed by atoms with van der Waals surface area (Å²) in [6, 6.07) is 7.54. The van der Waals surface area contributed by atoms with Crippen molar-refractivity contribution in [1.29, 1.82) is 0 Å². The lowest BCUT2D eigenvalue weighted by Crippen LogP contribution is -2.36. The number of nitrogens with zero attached hydrogens (tertiary/aromatic N) is 1. The highest BCUT2D eigenvalue weighted by molar-refractivity contribution is 6.31. The average molecular weight is 282 g/mol. The van der Waals surface area contributed by atoms with Crippen molar-refractivity contribution in [1.82, 2.24) is 10.2 Å². The van der Waals surface area contributed by atoms with E-state index < -0.39 is 0 Å². The summed E-state index contributed by atoms with van der Waals surface area (Å²) in [5.74, 6) is 0.578. The number of benzene rings is 1. The molecule has 104 valence electrons. The maximum Gasteiger partial charge on any atom is 0.234 e. The molecule has 1 aliphatic heterocycles. The van der Waals surface area contributed by atoms with Gasteiger partial charge in [-0.15, -0.1) is 0 Å². The Morgan fingerprint density at radius 3 is 2.95 bits per heavy atom. The Hall–Kier alpha value is -1.10. The van der Waals surface area contributed by atoms with Crippen molar-refractivity contribution in [2.24, 2.45) is 11.7 Å². The zero-order valence-electron chi connectivity index (χ0n) is 10.9. The standard InChI is InChI=1S/C14H20ClN3O/c15-13-4-2-1-3-12(13)8-17-14(19)10-18-6-5-11(7-16)9-18/h1-4,11H,5-10,16H2,(H,17,19). The highest BCUT2D eigenvalue weighted by Gasteiger charge is 2.22. The van der Waals surface area contributed by atoms with Gasteiger partial charge in [-0.1, -0.05) is 29.8 Å². The van der Waals surface area contributed by atoms with E-state index in [1.54, 1.807) is 0 Å². The Morgan fingerprint density at radius 2 is 2.26 bits per heavy atom. The molecule has 1 heterocycles. The molecule has 0 bridgehead atoms. The predicted molar refractivity (Wildman–Crippen MR) is 76.9 cm³/mol. The van der Waals surface area contributed by atoms with Gasteiger partial charge in [0.25, 0.3) is 0 Å². The van der Waals surface area contributed by atoms with Crippen molar-refractivity contribution in [2.45, 2.75) is 13.0 Å². The lowest BCUT2D eigenvalue weighted by Gasteiger charge is -2.15. The third-order valence-electron chi connectivity index (χ3n) is 3.50. The predicted octanol–water partition coefficient (Wildman–Crippen LogP) is 1.24. The van der Waals surface area contributed by atoms with E-state index >= 15 is 0 Å². The number of carbonyl (C=O) groups excluding carboxylic acids is 1. The van der Waals surface area contributed by atoms with Gasteiger partial charge in [-0.2, -0.15) is 0 Å². The van der Waals surface area contributed by atoms with Crippen LogP contribution in [0.2, 0.25) is 5.02 Å². The number of nitrogens with one attached hydrogen (secondary N) is 1. The molecule has 2 rings (SSSR count). The first kappa shape index (κ1) is 14.3. The molecule has 1 unspecified atom stereocenters. The molecular formula is C14H20ClN3O. The highest BCUT2D eigenvalue weighted by atomic mass is 35.5. The maximum absolute atomic E-state index is 11.9. The number of hydrogen-bond acceptors (Lipinski definition) is 3. The summed E-state index contributed by atoms with van der Waals surface area (Å²) in [5, 5.41) is 3.59. The van der Waals surface area contributed by atoms with Gasteiger partial charge in [0.15, 0.2) is 0 Å². The summed E-state index contributed by atoms with van der Waals surface area (Å²) >= 11 is 6.04. The van der Waals surface area contributed by atoms with Crippen LogP contribution >= 0.6 is 11.6 Å². The van der Waals surface area contributed by atoms with Gasteiger partial charge in [0.05, 0.1) is 6.54 Å². The lowest BCUT2D eigenvalue weighted by molar-refractivity contribution is -0.122. The molecule has 1 aromatic carbocycles. The Morgan fingerprint density at radius 1 is 1.47 bits per heavy atom. The van der Waals surface area contributed by atoms with Crippen LogP contribution in [-0.4, -0.2) is 37.0 Å². The smallest absolute Gasteiger partial charge is 0.234 e. The van der Waals surface area contributed by atoms with Gasteiger partial charge in [0.1, 0.15) is 0 Å². The van der Waals surface area contributed by atoms with Gasteiger partial charge >= 0.3 is 0 Å². The first-order valence-corrected chi connectivity index (χ1v) is 6.99. The average Bonchev–Trinajstić information content (AvgIpc) is 2.85. The van der Waals surface area contributed by atoms with Crippen molar-refractivity contribution in [3.8, 4) is 0 Å². The molecule has 1 saturated heterocycles. The van der Waals surface area contributed by atoms with Crippen LogP contribution in [0.4, 0.5) is 0 Å². The molecule has 0 aromatic heterocycles. The second kappa shape index (κ2) is 6.89. The summed E-state index contributed by atoms with van der Waals surface area (Å²) in [5.41, 5.74) is 6.58. The van der Waals surface area contributed by atoms with E-state index in [0.717, 1.165) is 25.1 Å². The summed E-state index contributed by atoms with van der Waals surface area (Å²) < 4.78 is 0. The van der Waals surface area contributed by atoms with E-state index in [-0.39, 0.29) is 5.91 Å². The van der Waals surface area contributed by atoms with Crippen LogP contribution in [0.5, 0.6) is 0 Å². The van der Waals surface area contributed by atoms with Crippen molar-refractivity contribution in [3.63, 3.8) is 0 Å². The molecule has 0 spiro atoms. The van der Waals surface area contributed by atoms with Crippen LogP contribution in [0.25, 0.3) is 0 Å². The molecule has 1 aromatic rings. The van der Waals surface area contributed by atoms with Gasteiger partial charge in [0, 0.05) is 18.1 Å². The number of hydrogen-bond donors (Lipinski definition) is 2. The van der Waals surface area contributed by atoms with Crippen molar-refractivity contribution < 1.29 is 4.79 Å². The van der Waals surface area contributed by atoms with Gasteiger partial charge in [-0.3, -0.25) is 9.69 Å². The molecule has 0 saturated carbocycles. The SMILES string of the molecule is NCC1CCN(CC(=O)NCc2ccccc2Cl)C1. The van der Waals surface area contributed by atoms with Gasteiger partial charge in [0.2, 0.25) is 5.91 Å². The first-order chi connectivity index (χ1) is 9.19. The van der Waals surface area contributed by atoms with Crippen LogP contribution in [0.15, 0.2) is 24.3 Å². The van der Waals surface area contributed by atoms with Gasteiger partial charge < -0.3 is 11.1 Å². The molecule has 19 heavy (non-hydrogen) atoms. The Labute approximate surface area is 118 Å². The molecule has 0 aliphatic carbocycles. The third-order valence-corrected chi connectivity index (χ3v) is 3.87. The fourth-order valence-corrected chi connectivity index (χ4v) is 2.55. The van der Waals surface area contributed by atoms with Crippen LogP contribution in [0, 0.1) is 5.92 Å². The monoisotopic (exact) mass is 281 g/mol. The first-order valence-electron chi connectivity index (χ1n) is 6.61. The number of amides is 1. The summed E-state index contributed by atoms with van der Waals surface area (Å²) in [6.45, 7) is 3.52. The third kappa shape index (κ3) is 4.20. The van der Waals surface area contributed by atoms with Crippen LogP contribution < -0.4 is 11.1 Å². The maximum atomic E-state index is 11.9. The summed E-state index contributed by atoms with van der Waals surface area (Å²) in [7, 11) is 0. The van der Waals surface area contributed by atoms with E-state index in [1.165, 1.54) is 0 Å². The number of nitrogens with two attached hydrogens (primary N) is 1. The largest absolute Gasteiger partial charge is 0.351 e. The zero-order chi connectivity index (χ0) is 13.7. The Kier molecular flexibility index (Phi) is 5.19. The minimum atomic E-state index is 0.0394. The van der Waals surface area contributed by atoms with Gasteiger partial charge in [-0.05, 0) is 37.1 Å². The molecule has 5 heteroatoms. The second-order valence-electron chi connectivity index (χ2n) is 4.99. The second-order valence-corrected chi connectivity index (χ2v) is 5.40. The molecule has 3 N–H and O–H groups in total. The lowest BCUT2D eigenvalue weighted by atomic mass is 10.1.